The number of anilines is 1. The van der Waals surface area contributed by atoms with Crippen LogP contribution in [-0.2, 0) is 7.05 Å². The van der Waals surface area contributed by atoms with Crippen LogP contribution in [-0.4, -0.2) is 20.8 Å². The quantitative estimate of drug-likeness (QED) is 0.800. The lowest BCUT2D eigenvalue weighted by molar-refractivity contribution is 0.101. The van der Waals surface area contributed by atoms with E-state index < -0.39 is 0 Å². The first-order valence-electron chi connectivity index (χ1n) is 6.90. The Morgan fingerprint density at radius 2 is 2.18 bits per heavy atom. The number of carbonyl (C=O) groups is 1. The number of hydrogen-bond acceptors (Lipinski definition) is 5. The van der Waals surface area contributed by atoms with Gasteiger partial charge >= 0.3 is 0 Å². The average molecular weight is 300 g/mol. The lowest BCUT2D eigenvalue weighted by Crippen LogP contribution is -2.13. The van der Waals surface area contributed by atoms with Gasteiger partial charge in [0.2, 0.25) is 5.76 Å². The van der Waals surface area contributed by atoms with Gasteiger partial charge in [-0.25, -0.2) is 0 Å². The zero-order chi connectivity index (χ0) is 15.7. The van der Waals surface area contributed by atoms with Gasteiger partial charge in [-0.2, -0.15) is 5.10 Å². The van der Waals surface area contributed by atoms with E-state index in [4.69, 9.17) is 8.94 Å². The van der Waals surface area contributed by atoms with Crippen LogP contribution in [0.4, 0.5) is 5.69 Å². The van der Waals surface area contributed by atoms with E-state index in [2.05, 4.69) is 15.6 Å². The predicted octanol–water partition coefficient (Wildman–Crippen LogP) is 3.04. The number of furan rings is 1. The van der Waals surface area contributed by atoms with E-state index in [-0.39, 0.29) is 17.5 Å². The number of amides is 1. The highest BCUT2D eigenvalue weighted by Crippen LogP contribution is 2.24. The van der Waals surface area contributed by atoms with Crippen LogP contribution in [0.15, 0.2) is 39.6 Å². The van der Waals surface area contributed by atoms with Crippen LogP contribution in [0.25, 0.3) is 11.5 Å². The third kappa shape index (κ3) is 2.65. The van der Waals surface area contributed by atoms with Crippen LogP contribution in [0.3, 0.4) is 0 Å². The minimum atomic E-state index is -0.351. The molecular weight excluding hydrogens is 284 g/mol. The van der Waals surface area contributed by atoms with Crippen LogP contribution < -0.4 is 5.32 Å². The summed E-state index contributed by atoms with van der Waals surface area (Å²) in [5.41, 5.74) is 1.68. The maximum atomic E-state index is 12.3. The predicted molar refractivity (Wildman–Crippen MR) is 79.5 cm³/mol. The van der Waals surface area contributed by atoms with Gasteiger partial charge in [0.1, 0.15) is 0 Å². The molecular formula is C15H16N4O3. The average Bonchev–Trinajstić information content (AvgIpc) is 3.17. The Hall–Kier alpha value is -2.83. The molecule has 3 heterocycles. The van der Waals surface area contributed by atoms with Gasteiger partial charge < -0.3 is 14.3 Å². The highest BCUT2D eigenvalue weighted by atomic mass is 16.5. The van der Waals surface area contributed by atoms with Gasteiger partial charge in [-0.3, -0.25) is 9.48 Å². The normalized spacial score (nSPS) is 11.1. The van der Waals surface area contributed by atoms with Crippen LogP contribution in [0.1, 0.15) is 35.9 Å². The fourth-order valence-electron chi connectivity index (χ4n) is 2.13. The third-order valence-corrected chi connectivity index (χ3v) is 3.16. The molecule has 0 saturated heterocycles. The molecule has 3 rings (SSSR count). The van der Waals surface area contributed by atoms with E-state index in [1.54, 1.807) is 29.1 Å². The van der Waals surface area contributed by atoms with Crippen molar-refractivity contribution in [2.45, 2.75) is 19.8 Å². The minimum absolute atomic E-state index is 0.185. The summed E-state index contributed by atoms with van der Waals surface area (Å²) >= 11 is 0. The van der Waals surface area contributed by atoms with Crippen molar-refractivity contribution in [1.29, 1.82) is 0 Å². The summed E-state index contributed by atoms with van der Waals surface area (Å²) in [6, 6.07) is 5.02. The molecule has 0 bridgehead atoms. The highest BCUT2D eigenvalue weighted by molar-refractivity contribution is 6.03. The molecule has 0 atom stereocenters. The third-order valence-electron chi connectivity index (χ3n) is 3.16. The molecule has 3 aromatic rings. The number of nitrogens with zero attached hydrogens (tertiary/aromatic N) is 3. The first kappa shape index (κ1) is 14.1. The first-order valence-corrected chi connectivity index (χ1v) is 6.90. The van der Waals surface area contributed by atoms with E-state index >= 15 is 0 Å². The summed E-state index contributed by atoms with van der Waals surface area (Å²) in [5, 5.41) is 10.9. The maximum absolute atomic E-state index is 12.3. The lowest BCUT2D eigenvalue weighted by atomic mass is 10.1. The molecule has 0 saturated carbocycles. The smallest absolute Gasteiger partial charge is 0.277 e. The van der Waals surface area contributed by atoms with Crippen molar-refractivity contribution in [2.24, 2.45) is 7.05 Å². The van der Waals surface area contributed by atoms with Crippen LogP contribution in [0.2, 0.25) is 0 Å². The van der Waals surface area contributed by atoms with Gasteiger partial charge in [0.25, 0.3) is 5.91 Å². The molecule has 3 aromatic heterocycles. The fraction of sp³-hybridized carbons (Fsp3) is 0.267. The summed E-state index contributed by atoms with van der Waals surface area (Å²) in [6.45, 7) is 4.03. The SMILES string of the molecule is CC(C)c1nn(C)cc1NC(=O)c1cc(-c2ccco2)on1. The van der Waals surface area contributed by atoms with Gasteiger partial charge in [0, 0.05) is 19.3 Å². The zero-order valence-corrected chi connectivity index (χ0v) is 12.5. The first-order chi connectivity index (χ1) is 10.5. The molecule has 0 spiro atoms. The molecule has 0 aliphatic rings. The van der Waals surface area contributed by atoms with E-state index in [0.29, 0.717) is 17.2 Å². The number of rotatable bonds is 4. The molecule has 1 amide bonds. The standard InChI is InChI=1S/C15H16N4O3/c1-9(2)14-11(8-19(3)17-14)16-15(20)10-7-13(22-18-10)12-5-4-6-21-12/h4-9H,1-3H3,(H,16,20). The van der Waals surface area contributed by atoms with Crippen LogP contribution in [0.5, 0.6) is 0 Å². The number of aryl methyl sites for hydroxylation is 1. The molecule has 114 valence electrons. The highest BCUT2D eigenvalue weighted by Gasteiger charge is 2.18. The van der Waals surface area contributed by atoms with Crippen molar-refractivity contribution in [3.63, 3.8) is 0 Å². The summed E-state index contributed by atoms with van der Waals surface area (Å²) in [6.07, 6.45) is 3.29. The summed E-state index contributed by atoms with van der Waals surface area (Å²) in [5.74, 6) is 0.783. The molecule has 7 nitrogen and oxygen atoms in total. The molecule has 0 aromatic carbocycles. The number of hydrogen-bond donors (Lipinski definition) is 1. The molecule has 0 aliphatic heterocycles. The van der Waals surface area contributed by atoms with Gasteiger partial charge in [-0.15, -0.1) is 0 Å². The fourth-order valence-corrected chi connectivity index (χ4v) is 2.13. The second-order valence-electron chi connectivity index (χ2n) is 5.26. The van der Waals surface area contributed by atoms with Crippen molar-refractivity contribution in [1.82, 2.24) is 14.9 Å². The van der Waals surface area contributed by atoms with E-state index in [1.807, 2.05) is 20.9 Å². The molecule has 1 N–H and O–H groups in total. The van der Waals surface area contributed by atoms with Gasteiger partial charge in [-0.05, 0) is 18.1 Å². The molecule has 0 aliphatic carbocycles. The van der Waals surface area contributed by atoms with Crippen molar-refractivity contribution in [3.8, 4) is 11.5 Å². The van der Waals surface area contributed by atoms with Crippen molar-refractivity contribution < 1.29 is 13.7 Å². The Bertz CT molecular complexity index is 784. The Labute approximate surface area is 126 Å². The number of aromatic nitrogens is 3. The van der Waals surface area contributed by atoms with Crippen LogP contribution in [0, 0.1) is 0 Å². The lowest BCUT2D eigenvalue weighted by Gasteiger charge is -2.05. The Balaban J connectivity index is 1.81. The Morgan fingerprint density at radius 1 is 1.36 bits per heavy atom. The minimum Gasteiger partial charge on any atom is -0.461 e. The summed E-state index contributed by atoms with van der Waals surface area (Å²) < 4.78 is 12.0. The second-order valence-corrected chi connectivity index (χ2v) is 5.26. The topological polar surface area (TPSA) is 86.1 Å². The zero-order valence-electron chi connectivity index (χ0n) is 12.5. The van der Waals surface area contributed by atoms with Crippen LogP contribution >= 0.6 is 0 Å². The van der Waals surface area contributed by atoms with Gasteiger partial charge in [-0.1, -0.05) is 19.0 Å². The Kier molecular flexibility index (Phi) is 3.54. The summed E-state index contributed by atoms with van der Waals surface area (Å²) in [7, 11) is 1.81. The molecule has 0 radical (unpaired) electrons. The molecule has 0 unspecified atom stereocenters. The van der Waals surface area contributed by atoms with Gasteiger partial charge in [0.05, 0.1) is 17.6 Å². The number of nitrogens with one attached hydrogen (secondary N) is 1. The van der Waals surface area contributed by atoms with Crippen molar-refractivity contribution >= 4 is 11.6 Å². The van der Waals surface area contributed by atoms with E-state index in [9.17, 15) is 4.79 Å². The van der Waals surface area contributed by atoms with E-state index in [1.165, 1.54) is 6.26 Å². The molecule has 22 heavy (non-hydrogen) atoms. The van der Waals surface area contributed by atoms with Gasteiger partial charge in [0.15, 0.2) is 11.5 Å². The molecule has 0 fully saturated rings. The Morgan fingerprint density at radius 3 is 2.86 bits per heavy atom. The summed E-state index contributed by atoms with van der Waals surface area (Å²) in [4.78, 5) is 12.3. The number of carbonyl (C=O) groups excluding carboxylic acids is 1. The monoisotopic (exact) mass is 300 g/mol. The van der Waals surface area contributed by atoms with E-state index in [0.717, 1.165) is 5.69 Å². The second kappa shape index (κ2) is 5.51. The largest absolute Gasteiger partial charge is 0.461 e. The van der Waals surface area contributed by atoms with Crippen molar-refractivity contribution in [2.75, 3.05) is 5.32 Å². The van der Waals surface area contributed by atoms with Crippen molar-refractivity contribution in [3.05, 3.63) is 42.0 Å². The maximum Gasteiger partial charge on any atom is 0.277 e. The molecule has 7 heteroatoms.